The van der Waals surface area contributed by atoms with Gasteiger partial charge in [-0.05, 0) is 37.7 Å². The first-order valence-corrected chi connectivity index (χ1v) is 9.70. The van der Waals surface area contributed by atoms with E-state index in [2.05, 4.69) is 15.8 Å². The molecule has 1 fully saturated rings. The molecule has 0 bridgehead atoms. The fourth-order valence-corrected chi connectivity index (χ4v) is 3.23. The first-order valence-electron chi connectivity index (χ1n) is 8.47. The summed E-state index contributed by atoms with van der Waals surface area (Å²) in [5, 5.41) is 9.28. The summed E-state index contributed by atoms with van der Waals surface area (Å²) in [4.78, 5) is 25.2. The lowest BCUT2D eigenvalue weighted by molar-refractivity contribution is -0.122. The topological polar surface area (TPSA) is 93.5 Å². The van der Waals surface area contributed by atoms with Crippen molar-refractivity contribution in [2.75, 3.05) is 12.8 Å². The Kier molecular flexibility index (Phi) is 6.17. The molecule has 2 N–H and O–H groups in total. The third-order valence-electron chi connectivity index (χ3n) is 4.07. The summed E-state index contributed by atoms with van der Waals surface area (Å²) in [5.74, 6) is 0.608. The van der Waals surface area contributed by atoms with E-state index in [0.29, 0.717) is 18.7 Å². The van der Waals surface area contributed by atoms with E-state index in [1.54, 1.807) is 11.8 Å². The maximum Gasteiger partial charge on any atom is 0.274 e. The van der Waals surface area contributed by atoms with E-state index in [9.17, 15) is 9.59 Å². The fourth-order valence-electron chi connectivity index (χ4n) is 2.68. The van der Waals surface area contributed by atoms with E-state index in [0.717, 1.165) is 23.5 Å². The van der Waals surface area contributed by atoms with Crippen LogP contribution in [0.5, 0.6) is 5.75 Å². The van der Waals surface area contributed by atoms with E-state index in [-0.39, 0.29) is 18.2 Å². The number of carbonyl (C=O) groups is 2. The zero-order chi connectivity index (χ0) is 18.4. The van der Waals surface area contributed by atoms with Crippen LogP contribution in [0.4, 0.5) is 0 Å². The molecule has 3 rings (SSSR count). The second-order valence-corrected chi connectivity index (χ2v) is 6.78. The monoisotopic (exact) mass is 375 g/mol. The number of aromatic nitrogens is 1. The molecule has 1 aromatic carbocycles. The van der Waals surface area contributed by atoms with Gasteiger partial charge in [0.25, 0.3) is 5.91 Å². The van der Waals surface area contributed by atoms with Crippen LogP contribution < -0.4 is 15.4 Å². The molecule has 2 aromatic rings. The van der Waals surface area contributed by atoms with Crippen molar-refractivity contribution in [1.82, 2.24) is 15.8 Å². The predicted molar refractivity (Wildman–Crippen MR) is 97.2 cm³/mol. The predicted octanol–water partition coefficient (Wildman–Crippen LogP) is 2.37. The molecule has 1 saturated heterocycles. The number of benzene rings is 1. The molecule has 2 heterocycles. The number of hydrogen-bond acceptors (Lipinski definition) is 6. The molecule has 26 heavy (non-hydrogen) atoms. The molecule has 7 nitrogen and oxygen atoms in total. The first-order chi connectivity index (χ1) is 12.7. The van der Waals surface area contributed by atoms with Crippen molar-refractivity contribution in [2.24, 2.45) is 0 Å². The Labute approximate surface area is 155 Å². The summed E-state index contributed by atoms with van der Waals surface area (Å²) < 4.78 is 10.9. The van der Waals surface area contributed by atoms with E-state index in [4.69, 9.17) is 9.26 Å². The number of carbonyl (C=O) groups excluding carboxylic acids is 2. The van der Waals surface area contributed by atoms with Crippen LogP contribution >= 0.6 is 11.8 Å². The number of ether oxygens (including phenoxy) is 1. The van der Waals surface area contributed by atoms with Crippen molar-refractivity contribution in [1.29, 1.82) is 0 Å². The fraction of sp³-hybridized carbons (Fsp3) is 0.389. The van der Waals surface area contributed by atoms with Gasteiger partial charge in [0.15, 0.2) is 11.5 Å². The van der Waals surface area contributed by atoms with Crippen LogP contribution in [0, 0.1) is 0 Å². The van der Waals surface area contributed by atoms with Crippen molar-refractivity contribution in [2.45, 2.75) is 36.8 Å². The highest BCUT2D eigenvalue weighted by Gasteiger charge is 2.24. The van der Waals surface area contributed by atoms with Crippen LogP contribution in [0.15, 0.2) is 39.8 Å². The maximum absolute atomic E-state index is 12.3. The highest BCUT2D eigenvalue weighted by molar-refractivity contribution is 7.98. The van der Waals surface area contributed by atoms with Crippen LogP contribution in [0.3, 0.4) is 0 Å². The van der Waals surface area contributed by atoms with Gasteiger partial charge in [-0.3, -0.25) is 9.59 Å². The quantitative estimate of drug-likeness (QED) is 0.753. The molecule has 1 aromatic heterocycles. The summed E-state index contributed by atoms with van der Waals surface area (Å²) in [6.07, 6.45) is 4.40. The molecule has 1 atom stereocenters. The second-order valence-electron chi connectivity index (χ2n) is 5.93. The van der Waals surface area contributed by atoms with E-state index >= 15 is 0 Å². The zero-order valence-electron chi connectivity index (χ0n) is 14.5. The molecule has 0 aliphatic carbocycles. The normalized spacial score (nSPS) is 17.3. The smallest absolute Gasteiger partial charge is 0.274 e. The Morgan fingerprint density at radius 2 is 2.27 bits per heavy atom. The van der Waals surface area contributed by atoms with Crippen LogP contribution in [0.1, 0.15) is 35.5 Å². The Morgan fingerprint density at radius 1 is 1.42 bits per heavy atom. The van der Waals surface area contributed by atoms with Crippen LogP contribution in [0.2, 0.25) is 0 Å². The van der Waals surface area contributed by atoms with Gasteiger partial charge >= 0.3 is 0 Å². The van der Waals surface area contributed by atoms with Crippen molar-refractivity contribution in [3.63, 3.8) is 0 Å². The Bertz CT molecular complexity index is 777. The van der Waals surface area contributed by atoms with E-state index in [1.807, 2.05) is 30.5 Å². The highest BCUT2D eigenvalue weighted by atomic mass is 32.2. The summed E-state index contributed by atoms with van der Waals surface area (Å²) in [5.41, 5.74) is 0.138. The lowest BCUT2D eigenvalue weighted by Crippen LogP contribution is -2.45. The molecule has 8 heteroatoms. The van der Waals surface area contributed by atoms with Crippen LogP contribution in [0.25, 0.3) is 0 Å². The molecule has 2 amide bonds. The number of para-hydroxylation sites is 1. The lowest BCUT2D eigenvalue weighted by Gasteiger charge is -2.13. The minimum Gasteiger partial charge on any atom is -0.484 e. The summed E-state index contributed by atoms with van der Waals surface area (Å²) in [6.45, 7) is 0.815. The van der Waals surface area contributed by atoms with Crippen molar-refractivity contribution in [3.8, 4) is 5.75 Å². The van der Waals surface area contributed by atoms with Gasteiger partial charge in [-0.15, -0.1) is 11.8 Å². The minimum atomic E-state index is -0.533. The van der Waals surface area contributed by atoms with Gasteiger partial charge in [0.05, 0.1) is 0 Å². The van der Waals surface area contributed by atoms with E-state index < -0.39 is 11.9 Å². The van der Waals surface area contributed by atoms with Gasteiger partial charge in [-0.25, -0.2) is 0 Å². The molecule has 0 spiro atoms. The Balaban J connectivity index is 1.58. The number of rotatable bonds is 6. The molecular weight excluding hydrogens is 354 g/mol. The van der Waals surface area contributed by atoms with Gasteiger partial charge in [0.2, 0.25) is 5.91 Å². The SMILES string of the molecule is CSc1ccccc1OCc1cc(C(=O)N[C@H]2CCCCNC2=O)no1. The lowest BCUT2D eigenvalue weighted by atomic mass is 10.1. The Hall–Kier alpha value is -2.48. The largest absolute Gasteiger partial charge is 0.484 e. The van der Waals surface area contributed by atoms with Crippen LogP contribution in [-0.4, -0.2) is 35.8 Å². The summed E-state index contributed by atoms with van der Waals surface area (Å²) in [6, 6.07) is 8.68. The molecule has 0 unspecified atom stereocenters. The highest BCUT2D eigenvalue weighted by Crippen LogP contribution is 2.27. The van der Waals surface area contributed by atoms with Crippen molar-refractivity contribution in [3.05, 3.63) is 41.8 Å². The molecule has 1 aliphatic heterocycles. The number of hydrogen-bond donors (Lipinski definition) is 2. The number of nitrogens with one attached hydrogen (secondary N) is 2. The standard InChI is InChI=1S/C18H21N3O4S/c1-26-16-8-3-2-7-15(16)24-11-12-10-14(21-25-12)18(23)20-13-6-4-5-9-19-17(13)22/h2-3,7-8,10,13H,4-6,9,11H2,1H3,(H,19,22)(H,20,23)/t13-/m0/s1. The van der Waals surface area contributed by atoms with E-state index in [1.165, 1.54) is 6.07 Å². The van der Waals surface area contributed by atoms with Gasteiger partial charge < -0.3 is 19.9 Å². The minimum absolute atomic E-state index is 0.138. The van der Waals surface area contributed by atoms with Gasteiger partial charge in [0, 0.05) is 17.5 Å². The molecule has 1 aliphatic rings. The number of amides is 2. The molecule has 0 radical (unpaired) electrons. The average Bonchev–Trinajstić information content (AvgIpc) is 3.05. The zero-order valence-corrected chi connectivity index (χ0v) is 15.3. The van der Waals surface area contributed by atoms with Crippen LogP contribution in [-0.2, 0) is 11.4 Å². The van der Waals surface area contributed by atoms with Crippen molar-refractivity contribution >= 4 is 23.6 Å². The Morgan fingerprint density at radius 3 is 3.12 bits per heavy atom. The molecule has 138 valence electrons. The van der Waals surface area contributed by atoms with Crippen molar-refractivity contribution < 1.29 is 18.8 Å². The first kappa shape index (κ1) is 18.3. The third kappa shape index (κ3) is 4.57. The number of nitrogens with zero attached hydrogens (tertiary/aromatic N) is 1. The molecular formula is C18H21N3O4S. The van der Waals surface area contributed by atoms with Gasteiger partial charge in [-0.1, -0.05) is 17.3 Å². The molecule has 0 saturated carbocycles. The average molecular weight is 375 g/mol. The van der Waals surface area contributed by atoms with Gasteiger partial charge in [0.1, 0.15) is 18.4 Å². The third-order valence-corrected chi connectivity index (χ3v) is 4.85. The number of thioether (sulfide) groups is 1. The second kappa shape index (κ2) is 8.75. The summed E-state index contributed by atoms with van der Waals surface area (Å²) >= 11 is 1.59. The maximum atomic E-state index is 12.3. The summed E-state index contributed by atoms with van der Waals surface area (Å²) in [7, 11) is 0. The van der Waals surface area contributed by atoms with Gasteiger partial charge in [-0.2, -0.15) is 0 Å².